The molecule has 234 valence electrons. The Morgan fingerprint density at radius 1 is 1.04 bits per heavy atom. The number of nitrogens with one attached hydrogen (secondary N) is 1. The van der Waals surface area contributed by atoms with Gasteiger partial charge in [0.2, 0.25) is 11.8 Å². The van der Waals surface area contributed by atoms with Gasteiger partial charge in [0.1, 0.15) is 18.0 Å². The number of amides is 4. The van der Waals surface area contributed by atoms with Crippen LogP contribution >= 0.6 is 11.3 Å². The molecule has 0 bridgehead atoms. The van der Waals surface area contributed by atoms with E-state index in [1.165, 1.54) is 33.4 Å². The number of likely N-dealkylation sites (N-methyl/N-ethyl adjacent to an activating group) is 1. The summed E-state index contributed by atoms with van der Waals surface area (Å²) in [5.41, 5.74) is 4.99. The Morgan fingerprint density at radius 3 is 2.53 bits per heavy atom. The Kier molecular flexibility index (Phi) is 8.42. The highest BCUT2D eigenvalue weighted by atomic mass is 32.2. The number of carbonyl (C=O) groups excluding carboxylic acids is 3. The predicted molar refractivity (Wildman–Crippen MR) is 166 cm³/mol. The van der Waals surface area contributed by atoms with Crippen molar-refractivity contribution < 1.29 is 27.0 Å². The maximum absolute atomic E-state index is 14.2. The lowest BCUT2D eigenvalue weighted by atomic mass is 9.98. The van der Waals surface area contributed by atoms with Gasteiger partial charge in [0.15, 0.2) is 0 Å². The summed E-state index contributed by atoms with van der Waals surface area (Å²) in [6.45, 7) is 0.513. The van der Waals surface area contributed by atoms with E-state index in [-0.39, 0.29) is 50.2 Å². The van der Waals surface area contributed by atoms with Gasteiger partial charge in [-0.1, -0.05) is 54.6 Å². The number of rotatable bonds is 8. The van der Waals surface area contributed by atoms with E-state index >= 15 is 0 Å². The first-order chi connectivity index (χ1) is 21.6. The van der Waals surface area contributed by atoms with Crippen molar-refractivity contribution in [2.75, 3.05) is 20.1 Å². The molecule has 3 aromatic carbocycles. The fourth-order valence-corrected chi connectivity index (χ4v) is 6.92. The van der Waals surface area contributed by atoms with Crippen molar-refractivity contribution in [1.29, 1.82) is 0 Å². The molecule has 2 aliphatic heterocycles. The zero-order chi connectivity index (χ0) is 31.7. The topological polar surface area (TPSA) is 158 Å². The molecular weight excluding hydrogens is 619 g/mol. The Hall–Kier alpha value is -4.57. The monoisotopic (exact) mass is 649 g/mol. The molecule has 2 saturated heterocycles. The van der Waals surface area contributed by atoms with Crippen LogP contribution in [-0.2, 0) is 39.4 Å². The van der Waals surface area contributed by atoms with E-state index in [1.807, 2.05) is 48.5 Å². The molecule has 2 fully saturated rings. The summed E-state index contributed by atoms with van der Waals surface area (Å²) in [6, 6.07) is 20.1. The number of urea groups is 1. The number of fused-ring (bicyclic) bond motifs is 2. The molecule has 4 aromatic rings. The van der Waals surface area contributed by atoms with Crippen LogP contribution in [0, 0.1) is 0 Å². The van der Waals surface area contributed by atoms with Gasteiger partial charge in [-0.05, 0) is 34.9 Å². The molecule has 4 amide bonds. The number of carbonyl (C=O) groups is 3. The van der Waals surface area contributed by atoms with Crippen LogP contribution in [0.2, 0.25) is 0 Å². The van der Waals surface area contributed by atoms with Crippen molar-refractivity contribution in [3.8, 4) is 5.75 Å². The van der Waals surface area contributed by atoms with Gasteiger partial charge in [-0.3, -0.25) is 9.59 Å². The third-order valence-corrected chi connectivity index (χ3v) is 9.02. The van der Waals surface area contributed by atoms with Crippen LogP contribution in [0.1, 0.15) is 16.7 Å². The molecule has 15 heteroatoms. The van der Waals surface area contributed by atoms with Crippen molar-refractivity contribution in [1.82, 2.24) is 30.1 Å². The van der Waals surface area contributed by atoms with Crippen LogP contribution in [0.3, 0.4) is 0 Å². The van der Waals surface area contributed by atoms with Gasteiger partial charge in [-0.2, -0.15) is 13.6 Å². The molecule has 3 N–H and O–H groups in total. The van der Waals surface area contributed by atoms with Gasteiger partial charge in [-0.15, -0.1) is 11.3 Å². The van der Waals surface area contributed by atoms with Gasteiger partial charge in [0, 0.05) is 26.6 Å². The van der Waals surface area contributed by atoms with Crippen molar-refractivity contribution >= 4 is 49.7 Å². The molecule has 0 aliphatic carbocycles. The van der Waals surface area contributed by atoms with Gasteiger partial charge < -0.3 is 19.3 Å². The Bertz CT molecular complexity index is 1830. The average molecular weight is 650 g/mol. The second kappa shape index (κ2) is 12.4. The quantitative estimate of drug-likeness (QED) is 0.294. The summed E-state index contributed by atoms with van der Waals surface area (Å²) in [5, 5.41) is 11.0. The van der Waals surface area contributed by atoms with Crippen molar-refractivity contribution in [2.24, 2.45) is 5.14 Å². The zero-order valence-corrected chi connectivity index (χ0v) is 25.9. The van der Waals surface area contributed by atoms with E-state index in [0.29, 0.717) is 5.56 Å². The second-order valence-electron chi connectivity index (χ2n) is 10.9. The number of aromatic nitrogens is 1. The zero-order valence-electron chi connectivity index (χ0n) is 24.3. The molecule has 1 aromatic heterocycles. The maximum atomic E-state index is 14.2. The van der Waals surface area contributed by atoms with Crippen LogP contribution in [0.15, 0.2) is 78.3 Å². The van der Waals surface area contributed by atoms with Crippen molar-refractivity contribution in [2.45, 2.75) is 31.7 Å². The first-order valence-electron chi connectivity index (χ1n) is 14.1. The highest BCUT2D eigenvalue weighted by molar-refractivity contribution is 7.84. The predicted octanol–water partition coefficient (Wildman–Crippen LogP) is 2.06. The third kappa shape index (κ3) is 6.61. The van der Waals surface area contributed by atoms with Crippen LogP contribution in [0.5, 0.6) is 5.75 Å². The number of para-hydroxylation sites is 1. The number of nitrogens with two attached hydrogens (primary N) is 1. The Morgan fingerprint density at radius 2 is 1.80 bits per heavy atom. The molecule has 3 heterocycles. The maximum Gasteiger partial charge on any atom is 0.380 e. The number of hydrazine groups is 1. The molecule has 2 atom stereocenters. The van der Waals surface area contributed by atoms with Crippen molar-refractivity contribution in [3.63, 3.8) is 0 Å². The lowest BCUT2D eigenvalue weighted by molar-refractivity contribution is -0.187. The average Bonchev–Trinajstić information content (AvgIpc) is 3.49. The number of piperazine rings is 1. The lowest BCUT2D eigenvalue weighted by Gasteiger charge is -2.54. The minimum atomic E-state index is -4.21. The molecular formula is C30H31N7O6S2. The molecule has 0 radical (unpaired) electrons. The summed E-state index contributed by atoms with van der Waals surface area (Å²) >= 11 is 1.51. The summed E-state index contributed by atoms with van der Waals surface area (Å²) < 4.78 is 28.4. The molecule has 45 heavy (non-hydrogen) atoms. The normalized spacial score (nSPS) is 19.1. The second-order valence-corrected chi connectivity index (χ2v) is 12.9. The molecule has 0 saturated carbocycles. The Balaban J connectivity index is 1.32. The minimum Gasteiger partial charge on any atom is -0.371 e. The van der Waals surface area contributed by atoms with Crippen LogP contribution < -0.4 is 14.6 Å². The first kappa shape index (κ1) is 30.5. The van der Waals surface area contributed by atoms with Gasteiger partial charge in [0.05, 0.1) is 28.8 Å². The standard InChI is InChI=1S/C30H31N7O6S2/c1-34-18-27(38)36-24(14-20-10-12-23(13-11-20)43-45(31,41)42)29(39)35(16-22-8-5-9-25-28(22)33-19-44-25)17-26(36)37(34)30(40)32-15-21-6-3-2-4-7-21/h2-13,19,24,26H,14-18H2,1H3,(H,32,40)(H2,31,41,42)/t24-,26-/m0/s1. The lowest BCUT2D eigenvalue weighted by Crippen LogP contribution is -2.76. The number of hydrogen-bond acceptors (Lipinski definition) is 9. The minimum absolute atomic E-state index is 0.0176. The number of thiazole rings is 1. The van der Waals surface area contributed by atoms with E-state index in [1.54, 1.807) is 34.6 Å². The van der Waals surface area contributed by atoms with Crippen molar-refractivity contribution in [3.05, 3.63) is 95.0 Å². The van der Waals surface area contributed by atoms with Crippen LogP contribution in [-0.4, -0.2) is 83.4 Å². The molecule has 2 aliphatic rings. The van der Waals surface area contributed by atoms with Gasteiger partial charge in [0.25, 0.3) is 0 Å². The highest BCUT2D eigenvalue weighted by Gasteiger charge is 2.50. The number of benzene rings is 3. The highest BCUT2D eigenvalue weighted by Crippen LogP contribution is 2.30. The third-order valence-electron chi connectivity index (χ3n) is 7.80. The van der Waals surface area contributed by atoms with E-state index in [4.69, 9.17) is 9.32 Å². The SMILES string of the molecule is CN1CC(=O)N2[C@@H](Cc3ccc(OS(N)(=O)=O)cc3)C(=O)N(Cc3cccc4scnc34)C[C@@H]2N1C(=O)NCc1ccccc1. The van der Waals surface area contributed by atoms with Gasteiger partial charge in [-0.25, -0.2) is 19.8 Å². The summed E-state index contributed by atoms with van der Waals surface area (Å²) in [6.07, 6.45) is -0.661. The number of hydrogen-bond donors (Lipinski definition) is 2. The summed E-state index contributed by atoms with van der Waals surface area (Å²) in [4.78, 5) is 49.2. The molecule has 0 unspecified atom stereocenters. The summed E-state index contributed by atoms with van der Waals surface area (Å²) in [7, 11) is -2.53. The fourth-order valence-electron chi connectivity index (χ4n) is 5.82. The first-order valence-corrected chi connectivity index (χ1v) is 16.5. The van der Waals surface area contributed by atoms with Crippen LogP contribution in [0.25, 0.3) is 10.2 Å². The smallest absolute Gasteiger partial charge is 0.371 e. The van der Waals surface area contributed by atoms with E-state index in [9.17, 15) is 22.8 Å². The molecule has 13 nitrogen and oxygen atoms in total. The van der Waals surface area contributed by atoms with E-state index < -0.39 is 28.5 Å². The number of nitrogens with zero attached hydrogens (tertiary/aromatic N) is 5. The fraction of sp³-hybridized carbons (Fsp3) is 0.267. The molecule has 0 spiro atoms. The van der Waals surface area contributed by atoms with E-state index in [0.717, 1.165) is 21.3 Å². The van der Waals surface area contributed by atoms with Gasteiger partial charge >= 0.3 is 16.3 Å². The Labute approximate surface area is 264 Å². The molecule has 6 rings (SSSR count). The largest absolute Gasteiger partial charge is 0.380 e. The summed E-state index contributed by atoms with van der Waals surface area (Å²) in [5.74, 6) is -0.543. The van der Waals surface area contributed by atoms with E-state index in [2.05, 4.69) is 10.3 Å². The van der Waals surface area contributed by atoms with Crippen LogP contribution in [0.4, 0.5) is 4.79 Å².